The normalized spacial score (nSPS) is 26.2. The highest BCUT2D eigenvalue weighted by Crippen LogP contribution is 2.38. The van der Waals surface area contributed by atoms with Crippen LogP contribution in [-0.2, 0) is 4.79 Å². The van der Waals surface area contributed by atoms with Crippen LogP contribution < -0.4 is 0 Å². The summed E-state index contributed by atoms with van der Waals surface area (Å²) in [6.07, 6.45) is 8.79. The maximum Gasteiger partial charge on any atom is 0.324 e. The van der Waals surface area contributed by atoms with Crippen LogP contribution in [0.4, 0.5) is 0 Å². The molecular weight excluding hydrogens is 214 g/mol. The standard InChI is InChI=1S/C14H25NO2/c1-2-7-12-10-15(11-12)14(13(16)17)8-5-3-4-6-9-14/h12H,2-11H2,1H3,(H,16,17). The predicted molar refractivity (Wildman–Crippen MR) is 68.0 cm³/mol. The van der Waals surface area contributed by atoms with Gasteiger partial charge in [0.1, 0.15) is 5.54 Å². The van der Waals surface area contributed by atoms with Crippen LogP contribution in [0.1, 0.15) is 58.3 Å². The van der Waals surface area contributed by atoms with Crippen molar-refractivity contribution in [3.63, 3.8) is 0 Å². The fraction of sp³-hybridized carbons (Fsp3) is 0.929. The molecule has 0 radical (unpaired) electrons. The van der Waals surface area contributed by atoms with Gasteiger partial charge in [-0.15, -0.1) is 0 Å². The van der Waals surface area contributed by atoms with Crippen LogP contribution in [0, 0.1) is 5.92 Å². The lowest BCUT2D eigenvalue weighted by atomic mass is 9.81. The van der Waals surface area contributed by atoms with Crippen LogP contribution in [-0.4, -0.2) is 34.6 Å². The number of carboxylic acids is 1. The van der Waals surface area contributed by atoms with Crippen LogP contribution in [0.2, 0.25) is 0 Å². The number of nitrogens with zero attached hydrogens (tertiary/aromatic N) is 1. The quantitative estimate of drug-likeness (QED) is 0.767. The zero-order valence-corrected chi connectivity index (χ0v) is 11.0. The van der Waals surface area contributed by atoms with Crippen LogP contribution in [0.25, 0.3) is 0 Å². The second kappa shape index (κ2) is 5.38. The first-order chi connectivity index (χ1) is 8.19. The molecule has 1 N–H and O–H groups in total. The molecule has 0 aromatic heterocycles. The maximum atomic E-state index is 11.7. The Balaban J connectivity index is 2.00. The minimum Gasteiger partial charge on any atom is -0.480 e. The van der Waals surface area contributed by atoms with E-state index in [4.69, 9.17) is 0 Å². The fourth-order valence-corrected chi connectivity index (χ4v) is 3.49. The summed E-state index contributed by atoms with van der Waals surface area (Å²) in [6.45, 7) is 4.24. The zero-order chi connectivity index (χ0) is 12.3. The van der Waals surface area contributed by atoms with Crippen LogP contribution >= 0.6 is 0 Å². The molecule has 1 saturated heterocycles. The summed E-state index contributed by atoms with van der Waals surface area (Å²) in [6, 6.07) is 0. The van der Waals surface area contributed by atoms with E-state index in [0.717, 1.165) is 44.7 Å². The Morgan fingerprint density at radius 2 is 1.82 bits per heavy atom. The molecule has 2 fully saturated rings. The summed E-state index contributed by atoms with van der Waals surface area (Å²) in [5.74, 6) is 0.175. The molecule has 0 unspecified atom stereocenters. The number of carbonyl (C=O) groups is 1. The Kier molecular flexibility index (Phi) is 4.08. The Hall–Kier alpha value is -0.570. The third-order valence-corrected chi connectivity index (χ3v) is 4.59. The van der Waals surface area contributed by atoms with Crippen molar-refractivity contribution < 1.29 is 9.90 Å². The molecule has 0 spiro atoms. The van der Waals surface area contributed by atoms with Gasteiger partial charge in [0.25, 0.3) is 0 Å². The van der Waals surface area contributed by atoms with Crippen molar-refractivity contribution in [2.24, 2.45) is 5.92 Å². The van der Waals surface area contributed by atoms with Crippen molar-refractivity contribution in [3.8, 4) is 0 Å². The van der Waals surface area contributed by atoms with E-state index in [1.165, 1.54) is 25.7 Å². The van der Waals surface area contributed by atoms with Gasteiger partial charge in [-0.25, -0.2) is 0 Å². The molecule has 17 heavy (non-hydrogen) atoms. The molecule has 1 aliphatic heterocycles. The Labute approximate surface area is 104 Å². The first-order valence-corrected chi connectivity index (χ1v) is 7.17. The van der Waals surface area contributed by atoms with Crippen molar-refractivity contribution in [3.05, 3.63) is 0 Å². The monoisotopic (exact) mass is 239 g/mol. The average Bonchev–Trinajstić information content (AvgIpc) is 2.49. The molecule has 1 saturated carbocycles. The van der Waals surface area contributed by atoms with Gasteiger partial charge in [-0.05, 0) is 25.2 Å². The molecule has 0 amide bonds. The fourth-order valence-electron chi connectivity index (χ4n) is 3.49. The first kappa shape index (κ1) is 12.9. The minimum atomic E-state index is -0.575. The van der Waals surface area contributed by atoms with Gasteiger partial charge in [-0.1, -0.05) is 39.0 Å². The number of likely N-dealkylation sites (tertiary alicyclic amines) is 1. The maximum absolute atomic E-state index is 11.7. The van der Waals surface area contributed by atoms with E-state index in [-0.39, 0.29) is 0 Å². The van der Waals surface area contributed by atoms with E-state index in [9.17, 15) is 9.90 Å². The highest BCUT2D eigenvalue weighted by molar-refractivity contribution is 5.79. The summed E-state index contributed by atoms with van der Waals surface area (Å²) in [5, 5.41) is 9.62. The Bertz CT molecular complexity index is 263. The molecule has 1 aliphatic carbocycles. The number of hydrogen-bond donors (Lipinski definition) is 1. The molecule has 1 heterocycles. The number of carboxylic acid groups (broad SMARTS) is 1. The van der Waals surface area contributed by atoms with E-state index in [1.807, 2.05) is 0 Å². The summed E-state index contributed by atoms with van der Waals surface area (Å²) in [4.78, 5) is 13.9. The number of aliphatic carboxylic acids is 1. The lowest BCUT2D eigenvalue weighted by Gasteiger charge is -2.50. The first-order valence-electron chi connectivity index (χ1n) is 7.17. The second-order valence-electron chi connectivity index (χ2n) is 5.81. The van der Waals surface area contributed by atoms with E-state index in [2.05, 4.69) is 11.8 Å². The van der Waals surface area contributed by atoms with Crippen molar-refractivity contribution in [2.75, 3.05) is 13.1 Å². The van der Waals surface area contributed by atoms with Crippen LogP contribution in [0.15, 0.2) is 0 Å². The van der Waals surface area contributed by atoms with Gasteiger partial charge in [-0.3, -0.25) is 9.69 Å². The van der Waals surface area contributed by atoms with E-state index in [0.29, 0.717) is 0 Å². The average molecular weight is 239 g/mol. The molecule has 98 valence electrons. The van der Waals surface area contributed by atoms with Crippen LogP contribution in [0.3, 0.4) is 0 Å². The van der Waals surface area contributed by atoms with Crippen molar-refractivity contribution in [1.29, 1.82) is 0 Å². The summed E-state index contributed by atoms with van der Waals surface area (Å²) in [5.41, 5.74) is -0.513. The van der Waals surface area contributed by atoms with Gasteiger partial charge in [0, 0.05) is 13.1 Å². The van der Waals surface area contributed by atoms with Gasteiger partial charge in [-0.2, -0.15) is 0 Å². The van der Waals surface area contributed by atoms with Gasteiger partial charge in [0.15, 0.2) is 0 Å². The summed E-state index contributed by atoms with van der Waals surface area (Å²) < 4.78 is 0. The van der Waals surface area contributed by atoms with Crippen molar-refractivity contribution >= 4 is 5.97 Å². The van der Waals surface area contributed by atoms with E-state index < -0.39 is 11.5 Å². The smallest absolute Gasteiger partial charge is 0.324 e. The molecular formula is C14H25NO2. The summed E-state index contributed by atoms with van der Waals surface area (Å²) in [7, 11) is 0. The van der Waals surface area contributed by atoms with Gasteiger partial charge < -0.3 is 5.11 Å². The number of hydrogen-bond acceptors (Lipinski definition) is 2. The minimum absolute atomic E-state index is 0.513. The molecule has 0 bridgehead atoms. The van der Waals surface area contributed by atoms with Gasteiger partial charge in [0.05, 0.1) is 0 Å². The highest BCUT2D eigenvalue weighted by Gasteiger charge is 2.48. The SMILES string of the molecule is CCCC1CN(C2(C(=O)O)CCCCCC2)C1. The molecule has 3 nitrogen and oxygen atoms in total. The molecule has 0 aromatic carbocycles. The third-order valence-electron chi connectivity index (χ3n) is 4.59. The molecule has 0 atom stereocenters. The molecule has 3 heteroatoms. The van der Waals surface area contributed by atoms with Crippen molar-refractivity contribution in [2.45, 2.75) is 63.8 Å². The second-order valence-corrected chi connectivity index (χ2v) is 5.81. The lowest BCUT2D eigenvalue weighted by molar-refractivity contribution is -0.159. The number of rotatable bonds is 4. The van der Waals surface area contributed by atoms with Crippen LogP contribution in [0.5, 0.6) is 0 Å². The van der Waals surface area contributed by atoms with E-state index >= 15 is 0 Å². The highest BCUT2D eigenvalue weighted by atomic mass is 16.4. The lowest BCUT2D eigenvalue weighted by Crippen LogP contribution is -2.63. The van der Waals surface area contributed by atoms with E-state index in [1.54, 1.807) is 0 Å². The third kappa shape index (κ3) is 2.49. The Morgan fingerprint density at radius 3 is 2.29 bits per heavy atom. The zero-order valence-electron chi connectivity index (χ0n) is 11.0. The molecule has 2 aliphatic rings. The van der Waals surface area contributed by atoms with Gasteiger partial charge in [0.2, 0.25) is 0 Å². The topological polar surface area (TPSA) is 40.5 Å². The Morgan fingerprint density at radius 1 is 1.24 bits per heavy atom. The molecule has 2 rings (SSSR count). The summed E-state index contributed by atoms with van der Waals surface area (Å²) >= 11 is 0. The largest absolute Gasteiger partial charge is 0.480 e. The van der Waals surface area contributed by atoms with Gasteiger partial charge >= 0.3 is 5.97 Å². The van der Waals surface area contributed by atoms with Crippen molar-refractivity contribution in [1.82, 2.24) is 4.90 Å². The molecule has 0 aromatic rings. The predicted octanol–water partition coefficient (Wildman–Crippen LogP) is 2.90.